The molecule has 0 unspecified atom stereocenters. The second-order valence-electron chi connectivity index (χ2n) is 7.79. The molecule has 2 aromatic carbocycles. The highest BCUT2D eigenvalue weighted by Crippen LogP contribution is 2.52. The molecule has 31 heavy (non-hydrogen) atoms. The molecular formula is C23H17N3O3S2. The van der Waals surface area contributed by atoms with E-state index in [4.69, 9.17) is 0 Å². The highest BCUT2D eigenvalue weighted by molar-refractivity contribution is 8.00. The van der Waals surface area contributed by atoms with Crippen molar-refractivity contribution in [3.63, 3.8) is 0 Å². The van der Waals surface area contributed by atoms with Crippen molar-refractivity contribution in [2.75, 3.05) is 0 Å². The maximum Gasteiger partial charge on any atom is 0.308 e. The molecule has 0 spiro atoms. The number of para-hydroxylation sites is 1. The summed E-state index contributed by atoms with van der Waals surface area (Å²) in [5.74, 6) is -1.43. The molecule has 6 nitrogen and oxygen atoms in total. The van der Waals surface area contributed by atoms with E-state index in [0.29, 0.717) is 6.54 Å². The third-order valence-corrected chi connectivity index (χ3v) is 8.64. The van der Waals surface area contributed by atoms with Crippen molar-refractivity contribution >= 4 is 45.8 Å². The molecule has 4 heterocycles. The molecule has 0 bridgehead atoms. The molecule has 2 N–H and O–H groups in total. The Morgan fingerprint density at radius 2 is 1.71 bits per heavy atom. The summed E-state index contributed by atoms with van der Waals surface area (Å²) in [4.78, 5) is 42.6. The minimum atomic E-state index is -0.547. The van der Waals surface area contributed by atoms with E-state index >= 15 is 0 Å². The quantitative estimate of drug-likeness (QED) is 0.472. The summed E-state index contributed by atoms with van der Waals surface area (Å²) in [6.45, 7) is 0.437. The summed E-state index contributed by atoms with van der Waals surface area (Å²) in [6, 6.07) is 17.7. The zero-order chi connectivity index (χ0) is 21.1. The van der Waals surface area contributed by atoms with Crippen LogP contribution in [0.4, 0.5) is 0 Å². The van der Waals surface area contributed by atoms with Gasteiger partial charge in [-0.25, -0.2) is 0 Å². The van der Waals surface area contributed by atoms with Crippen molar-refractivity contribution < 1.29 is 9.59 Å². The Bertz CT molecular complexity index is 1400. The summed E-state index contributed by atoms with van der Waals surface area (Å²) in [5, 5.41) is 3.77. The van der Waals surface area contributed by atoms with Crippen molar-refractivity contribution in [3.8, 4) is 0 Å². The number of benzene rings is 2. The van der Waals surface area contributed by atoms with Gasteiger partial charge < -0.3 is 4.98 Å². The lowest BCUT2D eigenvalue weighted by molar-refractivity contribution is -0.125. The summed E-state index contributed by atoms with van der Waals surface area (Å²) in [5.41, 5.74) is 2.93. The smallest absolute Gasteiger partial charge is 0.308 e. The number of hydrogen-bond acceptors (Lipinski definition) is 5. The number of aromatic amines is 1. The van der Waals surface area contributed by atoms with Crippen molar-refractivity contribution in [2.45, 2.75) is 22.7 Å². The third kappa shape index (κ3) is 2.82. The van der Waals surface area contributed by atoms with Gasteiger partial charge in [-0.3, -0.25) is 24.3 Å². The summed E-state index contributed by atoms with van der Waals surface area (Å²) >= 11 is 2.53. The van der Waals surface area contributed by atoms with Crippen molar-refractivity contribution in [2.24, 2.45) is 5.92 Å². The van der Waals surface area contributed by atoms with Gasteiger partial charge in [-0.15, -0.1) is 0 Å². The van der Waals surface area contributed by atoms with Gasteiger partial charge in [-0.05, 0) is 17.2 Å². The van der Waals surface area contributed by atoms with Gasteiger partial charge in [0.25, 0.3) is 0 Å². The van der Waals surface area contributed by atoms with Crippen molar-refractivity contribution in [1.29, 1.82) is 0 Å². The van der Waals surface area contributed by atoms with Crippen LogP contribution in [0.1, 0.15) is 21.9 Å². The average molecular weight is 448 g/mol. The van der Waals surface area contributed by atoms with Crippen LogP contribution < -0.4 is 10.2 Å². The fraction of sp³-hybridized carbons (Fsp3) is 0.174. The maximum absolute atomic E-state index is 13.0. The third-order valence-electron chi connectivity index (χ3n) is 6.03. The molecule has 4 aromatic rings. The van der Waals surface area contributed by atoms with E-state index < -0.39 is 11.2 Å². The number of hydrogen-bond donors (Lipinski definition) is 2. The van der Waals surface area contributed by atoms with E-state index in [1.165, 1.54) is 23.1 Å². The minimum Gasteiger partial charge on any atom is -0.361 e. The predicted molar refractivity (Wildman–Crippen MR) is 121 cm³/mol. The van der Waals surface area contributed by atoms with E-state index in [9.17, 15) is 14.4 Å². The first-order valence-corrected chi connectivity index (χ1v) is 11.7. The lowest BCUT2D eigenvalue weighted by atomic mass is 9.83. The molecule has 2 amide bonds. The fourth-order valence-electron chi connectivity index (χ4n) is 4.63. The van der Waals surface area contributed by atoms with Crippen LogP contribution in [0, 0.1) is 5.92 Å². The second kappa shape index (κ2) is 6.96. The van der Waals surface area contributed by atoms with E-state index in [0.717, 1.165) is 31.9 Å². The molecule has 154 valence electrons. The van der Waals surface area contributed by atoms with Crippen LogP contribution in [-0.2, 0) is 16.1 Å². The van der Waals surface area contributed by atoms with Crippen LogP contribution in [-0.4, -0.2) is 26.6 Å². The Labute approximate surface area is 185 Å². The molecule has 2 aliphatic rings. The zero-order valence-electron chi connectivity index (χ0n) is 16.2. The Hall–Kier alpha value is -3.10. The number of nitrogens with one attached hydrogen (secondary N) is 2. The molecule has 0 aliphatic carbocycles. The van der Waals surface area contributed by atoms with Crippen LogP contribution in [0.15, 0.2) is 70.6 Å². The van der Waals surface area contributed by atoms with E-state index in [1.807, 2.05) is 60.8 Å². The standard InChI is InChI=1S/C23H17N3O3S2/c27-20-17-16(14-10-24-15-9-5-4-8-13(14)15)19-22(30-18(17)21(28)25-20)26(23(29)31-19)11-12-6-2-1-3-7-12/h1-10,16-18,24H,11H2,(H,25,27,28)/t16-,17+,18+/m0/s1. The van der Waals surface area contributed by atoms with Gasteiger partial charge in [-0.1, -0.05) is 71.6 Å². The number of carbonyl (C=O) groups is 2. The molecule has 0 radical (unpaired) electrons. The van der Waals surface area contributed by atoms with E-state index in [2.05, 4.69) is 10.3 Å². The number of imide groups is 1. The molecule has 3 atom stereocenters. The highest BCUT2D eigenvalue weighted by Gasteiger charge is 2.53. The fourth-order valence-corrected chi connectivity index (χ4v) is 7.36. The lowest BCUT2D eigenvalue weighted by Crippen LogP contribution is -2.32. The number of thioether (sulfide) groups is 1. The topological polar surface area (TPSA) is 84.0 Å². The predicted octanol–water partition coefficient (Wildman–Crippen LogP) is 3.32. The Morgan fingerprint density at radius 1 is 0.935 bits per heavy atom. The van der Waals surface area contributed by atoms with Gasteiger partial charge in [0.2, 0.25) is 11.8 Å². The number of carbonyl (C=O) groups excluding carboxylic acids is 2. The van der Waals surface area contributed by atoms with Crippen molar-refractivity contribution in [3.05, 3.63) is 86.5 Å². The number of thiazole rings is 1. The molecular weight excluding hydrogens is 430 g/mol. The van der Waals surface area contributed by atoms with Crippen LogP contribution in [0.5, 0.6) is 0 Å². The maximum atomic E-state index is 13.0. The minimum absolute atomic E-state index is 0.0703. The summed E-state index contributed by atoms with van der Waals surface area (Å²) in [7, 11) is 0. The number of H-pyrrole nitrogens is 1. The molecule has 8 heteroatoms. The number of fused-ring (bicyclic) bond motifs is 3. The van der Waals surface area contributed by atoms with Gasteiger partial charge in [0.15, 0.2) is 0 Å². The molecule has 2 aromatic heterocycles. The molecule has 6 rings (SSSR count). The van der Waals surface area contributed by atoms with Crippen LogP contribution in [0.2, 0.25) is 0 Å². The summed E-state index contributed by atoms with van der Waals surface area (Å²) in [6.07, 6.45) is 1.91. The van der Waals surface area contributed by atoms with Gasteiger partial charge in [0.1, 0.15) is 5.25 Å². The van der Waals surface area contributed by atoms with Crippen LogP contribution >= 0.6 is 23.1 Å². The Balaban J connectivity index is 1.56. The molecule has 0 saturated carbocycles. The van der Waals surface area contributed by atoms with E-state index in [-0.39, 0.29) is 22.6 Å². The zero-order valence-corrected chi connectivity index (χ0v) is 17.8. The number of rotatable bonds is 3. The van der Waals surface area contributed by atoms with Gasteiger partial charge in [-0.2, -0.15) is 0 Å². The first kappa shape index (κ1) is 18.7. The first-order chi connectivity index (χ1) is 15.1. The number of aromatic nitrogens is 2. The molecule has 2 aliphatic heterocycles. The molecule has 1 fully saturated rings. The van der Waals surface area contributed by atoms with E-state index in [1.54, 1.807) is 4.57 Å². The second-order valence-corrected chi connectivity index (χ2v) is 9.92. The van der Waals surface area contributed by atoms with Crippen molar-refractivity contribution in [1.82, 2.24) is 14.9 Å². The molecule has 1 saturated heterocycles. The van der Waals surface area contributed by atoms with Gasteiger partial charge >= 0.3 is 4.87 Å². The lowest BCUT2D eigenvalue weighted by Gasteiger charge is -2.30. The average Bonchev–Trinajstić information content (AvgIpc) is 3.42. The normalized spacial score (nSPS) is 22.4. The highest BCUT2D eigenvalue weighted by atomic mass is 32.2. The number of nitrogens with zero attached hydrogens (tertiary/aromatic N) is 1. The largest absolute Gasteiger partial charge is 0.361 e. The SMILES string of the molecule is O=C1NC(=O)[C@@H]2Sc3c(sc(=O)n3Cc3ccccc3)[C@@H](c3c[nH]c4ccccc34)[C@@H]12. The Kier molecular flexibility index (Phi) is 4.19. The monoisotopic (exact) mass is 447 g/mol. The van der Waals surface area contributed by atoms with Crippen LogP contribution in [0.25, 0.3) is 10.9 Å². The number of amides is 2. The van der Waals surface area contributed by atoms with Crippen LogP contribution in [0.3, 0.4) is 0 Å². The van der Waals surface area contributed by atoms with Gasteiger partial charge in [0, 0.05) is 27.9 Å². The summed E-state index contributed by atoms with van der Waals surface area (Å²) < 4.78 is 1.74. The Morgan fingerprint density at radius 3 is 2.55 bits per heavy atom. The van der Waals surface area contributed by atoms with Gasteiger partial charge in [0.05, 0.1) is 17.5 Å². The first-order valence-electron chi connectivity index (χ1n) is 9.96.